The molecule has 0 radical (unpaired) electrons. The highest BCUT2D eigenvalue weighted by Crippen LogP contribution is 2.05. The number of quaternary nitrogens is 1. The van der Waals surface area contributed by atoms with Gasteiger partial charge in [0.05, 0.1) is 13.1 Å². The van der Waals surface area contributed by atoms with Gasteiger partial charge in [-0.2, -0.15) is 0 Å². The Hall–Kier alpha value is 0.210. The van der Waals surface area contributed by atoms with Crippen LogP contribution < -0.4 is 17.7 Å². The molecule has 0 aromatic carbocycles. The summed E-state index contributed by atoms with van der Waals surface area (Å²) in [5, 5.41) is 11.0. The van der Waals surface area contributed by atoms with Crippen molar-refractivity contribution in [1.29, 1.82) is 0 Å². The average Bonchev–Trinajstić information content (AvgIpc) is 1.90. The molecule has 1 aliphatic heterocycles. The van der Waals surface area contributed by atoms with E-state index in [0.29, 0.717) is 12.5 Å². The number of rotatable bonds is 1. The van der Waals surface area contributed by atoms with Gasteiger partial charge in [0.15, 0.2) is 0 Å². The molecule has 0 bridgehead atoms. The molecule has 1 heterocycles. The molecule has 0 aromatic heterocycles. The van der Waals surface area contributed by atoms with Crippen LogP contribution in [0, 0.1) is 5.92 Å². The molecule has 1 aliphatic rings. The minimum absolute atomic E-state index is 0. The second-order valence-electron chi connectivity index (χ2n) is 2.49. The van der Waals surface area contributed by atoms with Gasteiger partial charge in [-0.25, -0.2) is 0 Å². The lowest BCUT2D eigenvalue weighted by Crippen LogP contribution is -3.00. The number of aliphatic hydroxyl groups excluding tert-OH is 1. The van der Waals surface area contributed by atoms with Gasteiger partial charge < -0.3 is 22.8 Å². The Labute approximate surface area is 62.1 Å². The third-order valence-corrected chi connectivity index (χ3v) is 1.82. The average molecular weight is 152 g/mol. The first-order valence-corrected chi connectivity index (χ1v) is 3.36. The van der Waals surface area contributed by atoms with Gasteiger partial charge in [-0.05, 0) is 5.92 Å². The molecular weight excluding hydrogens is 138 g/mol. The second-order valence-corrected chi connectivity index (χ2v) is 2.49. The molecule has 9 heavy (non-hydrogen) atoms. The van der Waals surface area contributed by atoms with Gasteiger partial charge in [-0.1, -0.05) is 0 Å². The van der Waals surface area contributed by atoms with Crippen molar-refractivity contribution in [2.45, 2.75) is 12.8 Å². The van der Waals surface area contributed by atoms with Crippen molar-refractivity contribution in [1.82, 2.24) is 0 Å². The van der Waals surface area contributed by atoms with Gasteiger partial charge in [-0.15, -0.1) is 0 Å². The summed E-state index contributed by atoms with van der Waals surface area (Å²) in [5.41, 5.74) is 0. The normalized spacial score (nSPS) is 21.0. The van der Waals surface area contributed by atoms with Crippen molar-refractivity contribution in [2.75, 3.05) is 19.7 Å². The third kappa shape index (κ3) is 3.04. The lowest BCUT2D eigenvalue weighted by molar-refractivity contribution is -0.665. The fourth-order valence-corrected chi connectivity index (χ4v) is 1.18. The molecule has 1 fully saturated rings. The van der Waals surface area contributed by atoms with Crippen LogP contribution in [-0.2, 0) is 0 Å². The molecule has 2 nitrogen and oxygen atoms in total. The van der Waals surface area contributed by atoms with Crippen LogP contribution in [0.1, 0.15) is 12.8 Å². The number of aliphatic hydroxyl groups is 1. The number of nitrogens with two attached hydrogens (primary N) is 1. The van der Waals surface area contributed by atoms with Crippen LogP contribution in [0.4, 0.5) is 0 Å². The van der Waals surface area contributed by atoms with Gasteiger partial charge in [0.1, 0.15) is 0 Å². The number of halogens is 1. The van der Waals surface area contributed by atoms with Crippen LogP contribution in [0.2, 0.25) is 0 Å². The molecule has 3 heteroatoms. The molecule has 0 amide bonds. The number of piperidine rings is 1. The van der Waals surface area contributed by atoms with Crippen LogP contribution in [0.5, 0.6) is 0 Å². The molecule has 0 saturated carbocycles. The van der Waals surface area contributed by atoms with E-state index in [1.165, 1.54) is 25.9 Å². The Morgan fingerprint density at radius 2 is 1.89 bits per heavy atom. The van der Waals surface area contributed by atoms with Crippen molar-refractivity contribution in [3.8, 4) is 0 Å². The Kier molecular flexibility index (Phi) is 5.15. The quantitative estimate of drug-likeness (QED) is 0.394. The van der Waals surface area contributed by atoms with E-state index in [2.05, 4.69) is 5.32 Å². The monoisotopic (exact) mass is 151 g/mol. The van der Waals surface area contributed by atoms with Crippen molar-refractivity contribution in [3.05, 3.63) is 0 Å². The van der Waals surface area contributed by atoms with E-state index in [1.807, 2.05) is 0 Å². The zero-order valence-electron chi connectivity index (χ0n) is 5.52. The van der Waals surface area contributed by atoms with Gasteiger partial charge in [0.2, 0.25) is 0 Å². The summed E-state index contributed by atoms with van der Waals surface area (Å²) in [6, 6.07) is 0. The Balaban J connectivity index is 0.000000640. The van der Waals surface area contributed by atoms with E-state index in [1.54, 1.807) is 0 Å². The maximum absolute atomic E-state index is 8.68. The maximum Gasteiger partial charge on any atom is 0.0758 e. The summed E-state index contributed by atoms with van der Waals surface area (Å²) in [4.78, 5) is 0. The summed E-state index contributed by atoms with van der Waals surface area (Å²) < 4.78 is 0. The van der Waals surface area contributed by atoms with E-state index in [0.717, 1.165) is 0 Å². The fraction of sp³-hybridized carbons (Fsp3) is 1.00. The lowest BCUT2D eigenvalue weighted by atomic mass is 10.00. The van der Waals surface area contributed by atoms with Crippen LogP contribution in [0.25, 0.3) is 0 Å². The molecule has 0 unspecified atom stereocenters. The molecule has 1 saturated heterocycles. The zero-order valence-corrected chi connectivity index (χ0v) is 6.27. The summed E-state index contributed by atoms with van der Waals surface area (Å²) in [6.07, 6.45) is 2.41. The first-order valence-electron chi connectivity index (χ1n) is 3.36. The van der Waals surface area contributed by atoms with E-state index in [9.17, 15) is 0 Å². The summed E-state index contributed by atoms with van der Waals surface area (Å²) in [7, 11) is 0. The Morgan fingerprint density at radius 3 is 2.22 bits per heavy atom. The van der Waals surface area contributed by atoms with E-state index >= 15 is 0 Å². The highest BCUT2D eigenvalue weighted by Gasteiger charge is 2.12. The van der Waals surface area contributed by atoms with Gasteiger partial charge in [0.25, 0.3) is 0 Å². The Bertz CT molecular complexity index is 64.1. The fourth-order valence-electron chi connectivity index (χ4n) is 1.18. The van der Waals surface area contributed by atoms with E-state index < -0.39 is 0 Å². The highest BCUT2D eigenvalue weighted by molar-refractivity contribution is 4.57. The molecule has 0 spiro atoms. The van der Waals surface area contributed by atoms with Gasteiger partial charge >= 0.3 is 0 Å². The lowest BCUT2D eigenvalue weighted by Gasteiger charge is -2.16. The minimum Gasteiger partial charge on any atom is -1.00 e. The molecule has 0 aromatic rings. The van der Waals surface area contributed by atoms with Crippen molar-refractivity contribution >= 4 is 0 Å². The Morgan fingerprint density at radius 1 is 1.33 bits per heavy atom. The van der Waals surface area contributed by atoms with Crippen molar-refractivity contribution in [3.63, 3.8) is 0 Å². The van der Waals surface area contributed by atoms with Crippen LogP contribution in [-0.4, -0.2) is 24.8 Å². The summed E-state index contributed by atoms with van der Waals surface area (Å²) in [5.74, 6) is 0.611. The molecule has 56 valence electrons. The molecular formula is C6H14ClNO. The zero-order chi connectivity index (χ0) is 5.82. The third-order valence-electron chi connectivity index (χ3n) is 1.82. The van der Waals surface area contributed by atoms with Gasteiger partial charge in [0, 0.05) is 19.4 Å². The summed E-state index contributed by atoms with van der Waals surface area (Å²) in [6.45, 7) is 2.82. The SMILES string of the molecule is OCC1CC[NH2+]CC1.[Cl-]. The largest absolute Gasteiger partial charge is 1.00 e. The highest BCUT2D eigenvalue weighted by atomic mass is 35.5. The van der Waals surface area contributed by atoms with Crippen LogP contribution in [0.3, 0.4) is 0 Å². The van der Waals surface area contributed by atoms with Crippen LogP contribution in [0.15, 0.2) is 0 Å². The predicted molar refractivity (Wildman–Crippen MR) is 31.5 cm³/mol. The smallest absolute Gasteiger partial charge is 0.0758 e. The summed E-state index contributed by atoms with van der Waals surface area (Å²) >= 11 is 0. The second kappa shape index (κ2) is 5.03. The number of hydrogen-bond donors (Lipinski definition) is 2. The maximum atomic E-state index is 8.68. The standard InChI is InChI=1S/C6H13NO.ClH/c8-5-6-1-3-7-4-2-6;/h6-8H,1-5H2;1H. The van der Waals surface area contributed by atoms with Crippen LogP contribution >= 0.6 is 0 Å². The van der Waals surface area contributed by atoms with E-state index in [-0.39, 0.29) is 12.4 Å². The van der Waals surface area contributed by atoms with Gasteiger partial charge in [-0.3, -0.25) is 0 Å². The first kappa shape index (κ1) is 9.21. The molecule has 0 aliphatic carbocycles. The van der Waals surface area contributed by atoms with E-state index in [4.69, 9.17) is 5.11 Å². The minimum atomic E-state index is 0. The topological polar surface area (TPSA) is 36.8 Å². The number of hydrogen-bond acceptors (Lipinski definition) is 1. The van der Waals surface area contributed by atoms with Crippen molar-refractivity contribution < 1.29 is 22.8 Å². The molecule has 0 atom stereocenters. The molecule has 1 rings (SSSR count). The first-order chi connectivity index (χ1) is 3.93. The van der Waals surface area contributed by atoms with Crippen molar-refractivity contribution in [2.24, 2.45) is 5.92 Å². The molecule has 3 N–H and O–H groups in total. The predicted octanol–water partition coefficient (Wildman–Crippen LogP) is -4.04.